The Hall–Kier alpha value is -1.66. The molecule has 0 bridgehead atoms. The summed E-state index contributed by atoms with van der Waals surface area (Å²) in [5.74, 6) is -0.879. The van der Waals surface area contributed by atoms with Gasteiger partial charge in [-0.25, -0.2) is 4.98 Å². The highest BCUT2D eigenvalue weighted by molar-refractivity contribution is 5.95. The summed E-state index contributed by atoms with van der Waals surface area (Å²) < 4.78 is 0. The van der Waals surface area contributed by atoms with Crippen LogP contribution in [0.1, 0.15) is 35.0 Å². The van der Waals surface area contributed by atoms with Crippen LogP contribution in [0.5, 0.6) is 5.75 Å². The highest BCUT2D eigenvalue weighted by atomic mass is 16.3. The minimum atomic E-state index is -0.497. The summed E-state index contributed by atoms with van der Waals surface area (Å²) in [4.78, 5) is 15.4. The summed E-state index contributed by atoms with van der Waals surface area (Å²) in [6.07, 6.45) is 2.04. The second-order valence-corrected chi connectivity index (χ2v) is 3.53. The Bertz CT molecular complexity index is 407. The molecule has 0 radical (unpaired) electrons. The standard InChI is InChI=1S/C11H16N2O4/c1-2-3-12-11(17)9-10(16)8(6-15)7(5-14)4-13-9/h4,14-16H,2-3,5-6H2,1H3,(H,12,17). The van der Waals surface area contributed by atoms with Crippen molar-refractivity contribution in [2.24, 2.45) is 0 Å². The quantitative estimate of drug-likeness (QED) is 0.576. The van der Waals surface area contributed by atoms with Gasteiger partial charge in [0.25, 0.3) is 5.91 Å². The number of hydrogen-bond donors (Lipinski definition) is 4. The second kappa shape index (κ2) is 6.17. The highest BCUT2D eigenvalue weighted by Crippen LogP contribution is 2.24. The molecule has 0 saturated heterocycles. The largest absolute Gasteiger partial charge is 0.505 e. The van der Waals surface area contributed by atoms with Gasteiger partial charge in [0.05, 0.1) is 13.2 Å². The van der Waals surface area contributed by atoms with Crippen molar-refractivity contribution < 1.29 is 20.1 Å². The third-order valence-corrected chi connectivity index (χ3v) is 2.33. The number of aromatic nitrogens is 1. The average Bonchev–Trinajstić information content (AvgIpc) is 2.35. The molecular weight excluding hydrogens is 224 g/mol. The molecule has 0 aromatic carbocycles. The van der Waals surface area contributed by atoms with Crippen molar-refractivity contribution in [3.63, 3.8) is 0 Å². The van der Waals surface area contributed by atoms with Gasteiger partial charge in [0.2, 0.25) is 0 Å². The minimum Gasteiger partial charge on any atom is -0.505 e. The first-order valence-electron chi connectivity index (χ1n) is 5.35. The van der Waals surface area contributed by atoms with Gasteiger partial charge in [0.15, 0.2) is 11.4 Å². The molecule has 0 fully saturated rings. The fourth-order valence-electron chi connectivity index (χ4n) is 1.38. The van der Waals surface area contributed by atoms with E-state index in [1.807, 2.05) is 6.92 Å². The molecular formula is C11H16N2O4. The van der Waals surface area contributed by atoms with Crippen molar-refractivity contribution in [2.75, 3.05) is 6.54 Å². The summed E-state index contributed by atoms with van der Waals surface area (Å²) in [6, 6.07) is 0. The van der Waals surface area contributed by atoms with E-state index in [0.717, 1.165) is 6.42 Å². The lowest BCUT2D eigenvalue weighted by atomic mass is 10.1. The molecule has 1 rings (SSSR count). The predicted octanol–water partition coefficient (Wildman–Crippen LogP) is -0.0884. The molecule has 0 unspecified atom stereocenters. The molecule has 1 amide bonds. The lowest BCUT2D eigenvalue weighted by Crippen LogP contribution is -2.25. The molecule has 0 atom stereocenters. The van der Waals surface area contributed by atoms with Gasteiger partial charge in [-0.1, -0.05) is 6.92 Å². The van der Waals surface area contributed by atoms with E-state index >= 15 is 0 Å². The van der Waals surface area contributed by atoms with Gasteiger partial charge in [0, 0.05) is 23.9 Å². The molecule has 0 aliphatic rings. The summed E-state index contributed by atoms with van der Waals surface area (Å²) >= 11 is 0. The average molecular weight is 240 g/mol. The lowest BCUT2D eigenvalue weighted by Gasteiger charge is -2.10. The van der Waals surface area contributed by atoms with Crippen LogP contribution in [-0.4, -0.2) is 32.8 Å². The van der Waals surface area contributed by atoms with Crippen LogP contribution in [0.25, 0.3) is 0 Å². The fourth-order valence-corrected chi connectivity index (χ4v) is 1.38. The zero-order valence-electron chi connectivity index (χ0n) is 9.60. The van der Waals surface area contributed by atoms with Crippen molar-refractivity contribution in [2.45, 2.75) is 26.6 Å². The van der Waals surface area contributed by atoms with E-state index in [-0.39, 0.29) is 23.6 Å². The van der Waals surface area contributed by atoms with E-state index in [9.17, 15) is 9.90 Å². The minimum absolute atomic E-state index is 0.129. The van der Waals surface area contributed by atoms with Crippen molar-refractivity contribution in [1.82, 2.24) is 10.3 Å². The van der Waals surface area contributed by atoms with Crippen LogP contribution < -0.4 is 5.32 Å². The SMILES string of the molecule is CCCNC(=O)c1ncc(CO)c(CO)c1O. The number of carbonyl (C=O) groups excluding carboxylic acids is 1. The zero-order valence-corrected chi connectivity index (χ0v) is 9.60. The number of hydrogen-bond acceptors (Lipinski definition) is 5. The second-order valence-electron chi connectivity index (χ2n) is 3.53. The monoisotopic (exact) mass is 240 g/mol. The van der Waals surface area contributed by atoms with Crippen molar-refractivity contribution in [3.8, 4) is 5.75 Å². The first-order valence-corrected chi connectivity index (χ1v) is 5.35. The maximum atomic E-state index is 11.6. The van der Waals surface area contributed by atoms with Gasteiger partial charge in [0.1, 0.15) is 0 Å². The zero-order chi connectivity index (χ0) is 12.8. The molecule has 0 aliphatic heterocycles. The van der Waals surface area contributed by atoms with E-state index in [2.05, 4.69) is 10.3 Å². The van der Waals surface area contributed by atoms with E-state index < -0.39 is 12.5 Å². The molecule has 0 saturated carbocycles. The summed E-state index contributed by atoms with van der Waals surface area (Å²) in [5, 5.41) is 30.4. The lowest BCUT2D eigenvalue weighted by molar-refractivity contribution is 0.0945. The van der Waals surface area contributed by atoms with Crippen LogP contribution in [0.2, 0.25) is 0 Å². The number of rotatable bonds is 5. The third-order valence-electron chi connectivity index (χ3n) is 2.33. The predicted molar refractivity (Wildman–Crippen MR) is 60.4 cm³/mol. The van der Waals surface area contributed by atoms with E-state index in [1.165, 1.54) is 6.20 Å². The first kappa shape index (κ1) is 13.4. The van der Waals surface area contributed by atoms with Gasteiger partial charge in [-0.3, -0.25) is 4.79 Å². The maximum Gasteiger partial charge on any atom is 0.273 e. The van der Waals surface area contributed by atoms with E-state index in [1.54, 1.807) is 0 Å². The molecule has 0 spiro atoms. The Balaban J connectivity index is 3.06. The Morgan fingerprint density at radius 2 is 2.12 bits per heavy atom. The van der Waals surface area contributed by atoms with Crippen molar-refractivity contribution in [3.05, 3.63) is 23.0 Å². The van der Waals surface area contributed by atoms with Crippen LogP contribution in [-0.2, 0) is 13.2 Å². The van der Waals surface area contributed by atoms with Gasteiger partial charge in [-0.15, -0.1) is 0 Å². The topological polar surface area (TPSA) is 103 Å². The smallest absolute Gasteiger partial charge is 0.273 e. The van der Waals surface area contributed by atoms with Crippen LogP contribution in [0.4, 0.5) is 0 Å². The van der Waals surface area contributed by atoms with Gasteiger partial charge in [-0.05, 0) is 6.42 Å². The Labute approximate surface area is 98.9 Å². The molecule has 17 heavy (non-hydrogen) atoms. The van der Waals surface area contributed by atoms with Crippen LogP contribution in [0.15, 0.2) is 6.20 Å². The van der Waals surface area contributed by atoms with E-state index in [0.29, 0.717) is 12.1 Å². The molecule has 0 aliphatic carbocycles. The number of carbonyl (C=O) groups is 1. The molecule has 1 aromatic rings. The normalized spacial score (nSPS) is 10.3. The molecule has 1 aromatic heterocycles. The Morgan fingerprint density at radius 1 is 1.41 bits per heavy atom. The molecule has 1 heterocycles. The summed E-state index contributed by atoms with van der Waals surface area (Å²) in [5.41, 5.74) is 0.292. The van der Waals surface area contributed by atoms with E-state index in [4.69, 9.17) is 10.2 Å². The van der Waals surface area contributed by atoms with Crippen LogP contribution in [0.3, 0.4) is 0 Å². The van der Waals surface area contributed by atoms with Gasteiger partial charge in [-0.2, -0.15) is 0 Å². The van der Waals surface area contributed by atoms with Crippen LogP contribution >= 0.6 is 0 Å². The molecule has 6 heteroatoms. The van der Waals surface area contributed by atoms with Crippen LogP contribution in [0, 0.1) is 0 Å². The van der Waals surface area contributed by atoms with Crippen molar-refractivity contribution >= 4 is 5.91 Å². The van der Waals surface area contributed by atoms with Crippen molar-refractivity contribution in [1.29, 1.82) is 0 Å². The number of aliphatic hydroxyl groups excluding tert-OH is 2. The Morgan fingerprint density at radius 3 is 2.65 bits per heavy atom. The number of amides is 1. The number of aliphatic hydroxyl groups is 2. The number of aromatic hydroxyl groups is 1. The number of nitrogens with zero attached hydrogens (tertiary/aromatic N) is 1. The molecule has 4 N–H and O–H groups in total. The molecule has 6 nitrogen and oxygen atoms in total. The van der Waals surface area contributed by atoms with Gasteiger partial charge >= 0.3 is 0 Å². The number of pyridine rings is 1. The third kappa shape index (κ3) is 2.92. The maximum absolute atomic E-state index is 11.6. The summed E-state index contributed by atoms with van der Waals surface area (Å²) in [7, 11) is 0. The van der Waals surface area contributed by atoms with Gasteiger partial charge < -0.3 is 20.6 Å². The summed E-state index contributed by atoms with van der Waals surface area (Å²) in [6.45, 7) is 1.57. The highest BCUT2D eigenvalue weighted by Gasteiger charge is 2.18. The fraction of sp³-hybridized carbons (Fsp3) is 0.455. The first-order chi connectivity index (χ1) is 8.15. The molecule has 94 valence electrons. The Kier molecular flexibility index (Phi) is 4.86. The number of nitrogens with one attached hydrogen (secondary N) is 1.